The molecule has 1 aromatic carbocycles. The molecule has 0 spiro atoms. The highest BCUT2D eigenvalue weighted by Gasteiger charge is 2.54. The Hall–Kier alpha value is -2.29. The van der Waals surface area contributed by atoms with E-state index in [2.05, 4.69) is 15.5 Å². The lowest BCUT2D eigenvalue weighted by atomic mass is 10.1. The number of hydrogen-bond acceptors (Lipinski definition) is 7. The summed E-state index contributed by atoms with van der Waals surface area (Å²) in [6.07, 6.45) is 2.71. The van der Waals surface area contributed by atoms with E-state index in [0.717, 1.165) is 12.0 Å². The highest BCUT2D eigenvalue weighted by Crippen LogP contribution is 2.42. The molecule has 1 heterocycles. The smallest absolute Gasteiger partial charge is 0.328 e. The molecule has 0 bridgehead atoms. The first-order valence-electron chi connectivity index (χ1n) is 9.56. The minimum atomic E-state index is -3.90. The minimum absolute atomic E-state index is 0.143. The quantitative estimate of drug-likeness (QED) is 0.651. The Labute approximate surface area is 165 Å². The molecule has 1 fully saturated rings. The fourth-order valence-corrected chi connectivity index (χ4v) is 6.07. The molecule has 1 aliphatic rings. The number of nitrogens with zero attached hydrogens (tertiary/aromatic N) is 4. The minimum Gasteiger partial charge on any atom is -0.456 e. The van der Waals surface area contributed by atoms with E-state index in [1.165, 1.54) is 0 Å². The van der Waals surface area contributed by atoms with E-state index in [9.17, 15) is 13.2 Å². The molecule has 0 radical (unpaired) electrons. The first kappa shape index (κ1) is 20.4. The summed E-state index contributed by atoms with van der Waals surface area (Å²) in [6.45, 7) is 6.04. The Kier molecular flexibility index (Phi) is 5.83. The van der Waals surface area contributed by atoms with Crippen molar-refractivity contribution in [1.82, 2.24) is 20.2 Å². The second-order valence-electron chi connectivity index (χ2n) is 7.37. The van der Waals surface area contributed by atoms with Gasteiger partial charge in [-0.05, 0) is 60.7 Å². The monoisotopic (exact) mass is 406 g/mol. The van der Waals surface area contributed by atoms with E-state index >= 15 is 0 Å². The largest absolute Gasteiger partial charge is 0.456 e. The topological polar surface area (TPSA) is 104 Å². The average molecular weight is 407 g/mol. The highest BCUT2D eigenvalue weighted by atomic mass is 32.2. The fourth-order valence-electron chi connectivity index (χ4n) is 3.71. The summed E-state index contributed by atoms with van der Waals surface area (Å²) in [7, 11) is -3.90. The van der Waals surface area contributed by atoms with Crippen LogP contribution in [-0.4, -0.2) is 39.3 Å². The van der Waals surface area contributed by atoms with Gasteiger partial charge in [-0.1, -0.05) is 31.9 Å². The lowest BCUT2D eigenvalue weighted by Gasteiger charge is -2.27. The summed E-state index contributed by atoms with van der Waals surface area (Å²) in [5.74, 6) is -0.301. The van der Waals surface area contributed by atoms with Crippen LogP contribution in [0.15, 0.2) is 23.1 Å². The normalized spacial score (nSPS) is 16.2. The maximum absolute atomic E-state index is 13.6. The van der Waals surface area contributed by atoms with Gasteiger partial charge in [-0.3, -0.25) is 4.79 Å². The molecule has 3 rings (SSSR count). The number of aromatic nitrogens is 4. The molecule has 28 heavy (non-hydrogen) atoms. The van der Waals surface area contributed by atoms with Crippen molar-refractivity contribution in [1.29, 1.82) is 0 Å². The summed E-state index contributed by atoms with van der Waals surface area (Å²) < 4.78 is 32.6. The number of rotatable bonds is 7. The number of benzene rings is 1. The van der Waals surface area contributed by atoms with Crippen LogP contribution in [0.4, 0.5) is 0 Å². The van der Waals surface area contributed by atoms with Crippen molar-refractivity contribution in [3.63, 3.8) is 0 Å². The second kappa shape index (κ2) is 7.98. The van der Waals surface area contributed by atoms with E-state index in [1.807, 2.05) is 19.9 Å². The molecule has 2 aromatic rings. The molecular formula is C19H26N4O4S. The van der Waals surface area contributed by atoms with E-state index in [1.54, 1.807) is 23.7 Å². The lowest BCUT2D eigenvalue weighted by molar-refractivity contribution is -0.148. The van der Waals surface area contributed by atoms with Crippen molar-refractivity contribution in [3.05, 3.63) is 35.2 Å². The summed E-state index contributed by atoms with van der Waals surface area (Å²) in [5, 5.41) is 11.3. The molecule has 9 heteroatoms. The average Bonchev–Trinajstić information content (AvgIpc) is 3.32. The van der Waals surface area contributed by atoms with Crippen LogP contribution in [0.2, 0.25) is 0 Å². The summed E-state index contributed by atoms with van der Waals surface area (Å²) in [6, 6.07) is 5.27. The van der Waals surface area contributed by atoms with E-state index < -0.39 is 20.6 Å². The second-order valence-corrected chi connectivity index (χ2v) is 9.60. The van der Waals surface area contributed by atoms with Crippen LogP contribution in [0.1, 0.15) is 56.0 Å². The lowest BCUT2D eigenvalue weighted by Crippen LogP contribution is -2.45. The molecule has 152 valence electrons. The van der Waals surface area contributed by atoms with Crippen LogP contribution in [0.5, 0.6) is 0 Å². The van der Waals surface area contributed by atoms with E-state index in [0.29, 0.717) is 30.8 Å². The van der Waals surface area contributed by atoms with Gasteiger partial charge >= 0.3 is 5.97 Å². The van der Waals surface area contributed by atoms with Gasteiger partial charge in [0.05, 0.1) is 4.90 Å². The van der Waals surface area contributed by atoms with Gasteiger partial charge in [0.1, 0.15) is 0 Å². The first-order chi connectivity index (χ1) is 13.3. The van der Waals surface area contributed by atoms with Crippen molar-refractivity contribution in [2.45, 2.75) is 75.7 Å². The number of sulfone groups is 1. The van der Waals surface area contributed by atoms with Crippen LogP contribution < -0.4 is 0 Å². The van der Waals surface area contributed by atoms with Crippen LogP contribution in [0.3, 0.4) is 0 Å². The highest BCUT2D eigenvalue weighted by molar-refractivity contribution is 7.93. The van der Waals surface area contributed by atoms with Gasteiger partial charge in [0.25, 0.3) is 0 Å². The molecule has 0 N–H and O–H groups in total. The number of ether oxygens (including phenoxy) is 1. The predicted octanol–water partition coefficient (Wildman–Crippen LogP) is 2.53. The molecule has 8 nitrogen and oxygen atoms in total. The zero-order valence-electron chi connectivity index (χ0n) is 16.5. The standard InChI is InChI=1S/C19H26N4O4S/c1-4-11-23-17(20-21-22-23)13-27-18(24)19(9-5-6-10-19)28(25,26)16-12-14(2)7-8-15(16)3/h7-8,12H,4-6,9-11,13H2,1-3H3. The predicted molar refractivity (Wildman–Crippen MR) is 102 cm³/mol. The van der Waals surface area contributed by atoms with Gasteiger partial charge in [0.15, 0.2) is 27.0 Å². The number of tetrazole rings is 1. The summed E-state index contributed by atoms with van der Waals surface area (Å²) in [4.78, 5) is 13.3. The third-order valence-electron chi connectivity index (χ3n) is 5.30. The van der Waals surface area contributed by atoms with E-state index in [-0.39, 0.29) is 24.3 Å². The van der Waals surface area contributed by atoms with Crippen LogP contribution in [0.25, 0.3) is 0 Å². The summed E-state index contributed by atoms with van der Waals surface area (Å²) in [5.41, 5.74) is 1.47. The third-order valence-corrected chi connectivity index (χ3v) is 7.93. The van der Waals surface area contributed by atoms with Crippen molar-refractivity contribution >= 4 is 15.8 Å². The SMILES string of the molecule is CCCn1nnnc1COC(=O)C1(S(=O)(=O)c2cc(C)ccc2C)CCCC1. The Morgan fingerprint density at radius 3 is 2.64 bits per heavy atom. The van der Waals surface area contributed by atoms with Crippen LogP contribution in [0, 0.1) is 13.8 Å². The number of hydrogen-bond donors (Lipinski definition) is 0. The third kappa shape index (κ3) is 3.55. The summed E-state index contributed by atoms with van der Waals surface area (Å²) >= 11 is 0. The van der Waals surface area contributed by atoms with Crippen molar-refractivity contribution in [2.24, 2.45) is 0 Å². The fraction of sp³-hybridized carbons (Fsp3) is 0.579. The van der Waals surface area contributed by atoms with Crippen LogP contribution in [-0.2, 0) is 32.5 Å². The Balaban J connectivity index is 1.90. The maximum Gasteiger partial charge on any atom is 0.328 e. The van der Waals surface area contributed by atoms with E-state index in [4.69, 9.17) is 4.74 Å². The van der Waals surface area contributed by atoms with Gasteiger partial charge in [-0.2, -0.15) is 0 Å². The van der Waals surface area contributed by atoms with Crippen LogP contribution >= 0.6 is 0 Å². The van der Waals surface area contributed by atoms with Gasteiger partial charge in [0, 0.05) is 6.54 Å². The van der Waals surface area contributed by atoms with Gasteiger partial charge in [0.2, 0.25) is 0 Å². The molecule has 0 aliphatic heterocycles. The molecule has 1 saturated carbocycles. The number of esters is 1. The number of carbonyl (C=O) groups excluding carboxylic acids is 1. The molecule has 0 unspecified atom stereocenters. The molecule has 0 atom stereocenters. The van der Waals surface area contributed by atoms with Gasteiger partial charge < -0.3 is 4.74 Å². The Morgan fingerprint density at radius 2 is 1.96 bits per heavy atom. The molecular weight excluding hydrogens is 380 g/mol. The van der Waals surface area contributed by atoms with Gasteiger partial charge in [-0.25, -0.2) is 13.1 Å². The number of carbonyl (C=O) groups is 1. The zero-order chi connectivity index (χ0) is 20.4. The Morgan fingerprint density at radius 1 is 1.25 bits per heavy atom. The van der Waals surface area contributed by atoms with Crippen molar-refractivity contribution in [2.75, 3.05) is 0 Å². The molecule has 1 aliphatic carbocycles. The zero-order valence-corrected chi connectivity index (χ0v) is 17.3. The van der Waals surface area contributed by atoms with Crippen molar-refractivity contribution in [3.8, 4) is 0 Å². The molecule has 1 aromatic heterocycles. The molecule has 0 saturated heterocycles. The first-order valence-corrected chi connectivity index (χ1v) is 11.0. The number of aryl methyl sites for hydroxylation is 3. The van der Waals surface area contributed by atoms with Crippen molar-refractivity contribution < 1.29 is 17.9 Å². The maximum atomic E-state index is 13.6. The Bertz CT molecular complexity index is 962. The molecule has 0 amide bonds. The van der Waals surface area contributed by atoms with Gasteiger partial charge in [-0.15, -0.1) is 5.10 Å².